The van der Waals surface area contributed by atoms with Gasteiger partial charge in [-0.25, -0.2) is 9.59 Å². The Morgan fingerprint density at radius 3 is 2.57 bits per heavy atom. The van der Waals surface area contributed by atoms with Gasteiger partial charge < -0.3 is 9.47 Å². The van der Waals surface area contributed by atoms with Crippen molar-refractivity contribution in [3.63, 3.8) is 0 Å². The molecule has 0 rings (SSSR count). The molecule has 5 nitrogen and oxygen atoms in total. The van der Waals surface area contributed by atoms with E-state index >= 15 is 0 Å². The van der Waals surface area contributed by atoms with Crippen LogP contribution < -0.4 is 0 Å². The van der Waals surface area contributed by atoms with Crippen LogP contribution in [0.25, 0.3) is 0 Å². The van der Waals surface area contributed by atoms with Crippen molar-refractivity contribution in [1.82, 2.24) is 0 Å². The summed E-state index contributed by atoms with van der Waals surface area (Å²) in [4.78, 5) is 21.6. The Hall–Kier alpha value is -2.09. The van der Waals surface area contributed by atoms with E-state index in [4.69, 9.17) is 5.26 Å². The van der Waals surface area contributed by atoms with Gasteiger partial charge in [0.15, 0.2) is 6.10 Å². The second kappa shape index (κ2) is 5.54. The summed E-state index contributed by atoms with van der Waals surface area (Å²) in [5, 5.41) is 8.31. The molecule has 1 unspecified atom stereocenters. The molecular weight excluding hydrogens is 186 g/mol. The Balaban J connectivity index is 4.15. The third kappa shape index (κ3) is 4.07. The van der Waals surface area contributed by atoms with Crippen LogP contribution in [0.4, 0.5) is 0 Å². The van der Waals surface area contributed by atoms with Crippen molar-refractivity contribution in [1.29, 1.82) is 5.26 Å². The highest BCUT2D eigenvalue weighted by Crippen LogP contribution is 2.01. The van der Waals surface area contributed by atoms with Gasteiger partial charge in [-0.1, -0.05) is 6.58 Å². The van der Waals surface area contributed by atoms with Gasteiger partial charge in [0.1, 0.15) is 6.07 Å². The molecule has 0 amide bonds. The third-order valence-corrected chi connectivity index (χ3v) is 1.08. The van der Waals surface area contributed by atoms with Crippen LogP contribution in [0.3, 0.4) is 0 Å². The number of hydrogen-bond acceptors (Lipinski definition) is 5. The van der Waals surface area contributed by atoms with Crippen molar-refractivity contribution in [3.05, 3.63) is 25.0 Å². The van der Waals surface area contributed by atoms with Crippen LogP contribution >= 0.6 is 0 Å². The number of carbonyl (C=O) groups is 2. The molecule has 5 heteroatoms. The topological polar surface area (TPSA) is 76.4 Å². The Kier molecular flexibility index (Phi) is 4.71. The summed E-state index contributed by atoms with van der Waals surface area (Å²) >= 11 is 0. The maximum absolute atomic E-state index is 11.0. The fourth-order valence-corrected chi connectivity index (χ4v) is 0.457. The van der Waals surface area contributed by atoms with Gasteiger partial charge >= 0.3 is 11.9 Å². The van der Waals surface area contributed by atoms with E-state index in [9.17, 15) is 9.59 Å². The number of carbonyl (C=O) groups excluding carboxylic acids is 2. The first-order valence-corrected chi connectivity index (χ1v) is 3.65. The molecule has 0 aromatic heterocycles. The summed E-state index contributed by atoms with van der Waals surface area (Å²) in [6.07, 6.45) is -0.0340. The summed E-state index contributed by atoms with van der Waals surface area (Å²) in [5.41, 5.74) is 0. The maximum atomic E-state index is 11.0. The first-order chi connectivity index (χ1) is 6.51. The standard InChI is InChI=1S/C9H9NO4/c1-4-8(11)14-7(3)9(12)13-6(2)5-10/h4,6H,1,3H2,2H3. The molecule has 0 aliphatic heterocycles. The van der Waals surface area contributed by atoms with E-state index in [0.717, 1.165) is 6.08 Å². The molecule has 0 aromatic rings. The van der Waals surface area contributed by atoms with E-state index in [-0.39, 0.29) is 0 Å². The highest BCUT2D eigenvalue weighted by molar-refractivity contribution is 5.91. The van der Waals surface area contributed by atoms with Gasteiger partial charge in [0.25, 0.3) is 0 Å². The fourth-order valence-electron chi connectivity index (χ4n) is 0.457. The lowest BCUT2D eigenvalue weighted by Gasteiger charge is -2.06. The molecule has 0 aromatic carbocycles. The molecule has 0 spiro atoms. The lowest BCUT2D eigenvalue weighted by Crippen LogP contribution is -2.17. The largest absolute Gasteiger partial charge is 0.441 e. The predicted octanol–water partition coefficient (Wildman–Crippen LogP) is 0.685. The molecule has 0 fully saturated rings. The molecule has 0 bridgehead atoms. The molecule has 0 heterocycles. The molecule has 0 aliphatic carbocycles. The lowest BCUT2D eigenvalue weighted by atomic mass is 10.4. The van der Waals surface area contributed by atoms with Crippen molar-refractivity contribution in [3.8, 4) is 6.07 Å². The molecule has 0 radical (unpaired) electrons. The number of nitriles is 1. The van der Waals surface area contributed by atoms with Crippen LogP contribution in [0.2, 0.25) is 0 Å². The van der Waals surface area contributed by atoms with Gasteiger partial charge in [-0.3, -0.25) is 0 Å². The summed E-state index contributed by atoms with van der Waals surface area (Å²) in [6.45, 7) is 7.66. The molecule has 0 N–H and O–H groups in total. The normalized spacial score (nSPS) is 10.6. The number of hydrogen-bond donors (Lipinski definition) is 0. The monoisotopic (exact) mass is 195 g/mol. The first-order valence-electron chi connectivity index (χ1n) is 3.65. The minimum atomic E-state index is -0.950. The molecule has 0 saturated carbocycles. The number of rotatable bonds is 4. The molecular formula is C9H9NO4. The fraction of sp³-hybridized carbons (Fsp3) is 0.222. The van der Waals surface area contributed by atoms with Crippen molar-refractivity contribution < 1.29 is 19.1 Å². The van der Waals surface area contributed by atoms with E-state index in [1.54, 1.807) is 6.07 Å². The Morgan fingerprint density at radius 2 is 2.14 bits per heavy atom. The predicted molar refractivity (Wildman–Crippen MR) is 46.6 cm³/mol. The summed E-state index contributed by atoms with van der Waals surface area (Å²) < 4.78 is 8.87. The van der Waals surface area contributed by atoms with Crippen molar-refractivity contribution in [2.75, 3.05) is 0 Å². The van der Waals surface area contributed by atoms with Gasteiger partial charge in [-0.05, 0) is 13.5 Å². The summed E-state index contributed by atoms with van der Waals surface area (Å²) in [7, 11) is 0. The van der Waals surface area contributed by atoms with E-state index in [1.807, 2.05) is 0 Å². The van der Waals surface area contributed by atoms with Crippen molar-refractivity contribution >= 4 is 11.9 Å². The molecule has 0 aliphatic rings. The van der Waals surface area contributed by atoms with Crippen LogP contribution in [0, 0.1) is 11.3 Å². The van der Waals surface area contributed by atoms with Gasteiger partial charge in [0.05, 0.1) is 0 Å². The molecule has 1 atom stereocenters. The zero-order valence-corrected chi connectivity index (χ0v) is 7.65. The number of ether oxygens (including phenoxy) is 2. The Labute approximate surface area is 81.2 Å². The summed E-state index contributed by atoms with van der Waals surface area (Å²) in [5.74, 6) is -2.23. The van der Waals surface area contributed by atoms with Crippen molar-refractivity contribution in [2.45, 2.75) is 13.0 Å². The lowest BCUT2D eigenvalue weighted by molar-refractivity contribution is -0.150. The van der Waals surface area contributed by atoms with Crippen LogP contribution in [-0.4, -0.2) is 18.0 Å². The van der Waals surface area contributed by atoms with Gasteiger partial charge in [-0.2, -0.15) is 5.26 Å². The van der Waals surface area contributed by atoms with Gasteiger partial charge in [0, 0.05) is 6.08 Å². The third-order valence-electron chi connectivity index (χ3n) is 1.08. The number of nitrogens with zero attached hydrogens (tertiary/aromatic N) is 1. The molecule has 14 heavy (non-hydrogen) atoms. The van der Waals surface area contributed by atoms with Crippen LogP contribution in [-0.2, 0) is 19.1 Å². The molecule has 0 saturated heterocycles. The zero-order valence-electron chi connectivity index (χ0n) is 7.65. The van der Waals surface area contributed by atoms with Crippen molar-refractivity contribution in [2.24, 2.45) is 0 Å². The average molecular weight is 195 g/mol. The van der Waals surface area contributed by atoms with E-state index < -0.39 is 23.8 Å². The smallest absolute Gasteiger partial charge is 0.375 e. The van der Waals surface area contributed by atoms with E-state index in [1.165, 1.54) is 6.92 Å². The minimum Gasteiger partial charge on any atom is -0.441 e. The van der Waals surface area contributed by atoms with E-state index in [0.29, 0.717) is 0 Å². The SMILES string of the molecule is C=CC(=O)OC(=C)C(=O)OC(C)C#N. The number of esters is 2. The average Bonchev–Trinajstić information content (AvgIpc) is 2.17. The van der Waals surface area contributed by atoms with E-state index in [2.05, 4.69) is 22.6 Å². The first kappa shape index (κ1) is 11.9. The van der Waals surface area contributed by atoms with Crippen LogP contribution in [0.15, 0.2) is 25.0 Å². The highest BCUT2D eigenvalue weighted by atomic mass is 16.6. The highest BCUT2D eigenvalue weighted by Gasteiger charge is 2.15. The minimum absolute atomic E-state index is 0.475. The van der Waals surface area contributed by atoms with Gasteiger partial charge in [-0.15, -0.1) is 0 Å². The van der Waals surface area contributed by atoms with Crippen LogP contribution in [0.5, 0.6) is 0 Å². The van der Waals surface area contributed by atoms with Gasteiger partial charge in [0.2, 0.25) is 5.76 Å². The van der Waals surface area contributed by atoms with Crippen LogP contribution in [0.1, 0.15) is 6.92 Å². The quantitative estimate of drug-likeness (QED) is 0.374. The molecule has 74 valence electrons. The second-order valence-corrected chi connectivity index (χ2v) is 2.23. The zero-order chi connectivity index (χ0) is 11.1. The Bertz CT molecular complexity index is 313. The summed E-state index contributed by atoms with van der Waals surface area (Å²) in [6, 6.07) is 1.67. The second-order valence-electron chi connectivity index (χ2n) is 2.23. The maximum Gasteiger partial charge on any atom is 0.375 e. The Morgan fingerprint density at radius 1 is 1.57 bits per heavy atom.